The minimum atomic E-state index is -0.0793. The molecule has 0 heterocycles. The van der Waals surface area contributed by atoms with Crippen molar-refractivity contribution in [2.24, 2.45) is 5.73 Å². The van der Waals surface area contributed by atoms with Gasteiger partial charge in [0.1, 0.15) is 18.8 Å². The van der Waals surface area contributed by atoms with Crippen LogP contribution in [0.1, 0.15) is 291 Å². The molecule has 0 saturated carbocycles. The molecular weight excluding hydrogens is 759 g/mol. The lowest BCUT2D eigenvalue weighted by atomic mass is 10.0. The number of ether oxygens (including phenoxy) is 3. The highest BCUT2D eigenvalue weighted by molar-refractivity contribution is 5.70. The number of carbonyl (C=O) groups is 3. The molecule has 0 aliphatic rings. The van der Waals surface area contributed by atoms with Gasteiger partial charge in [0.15, 0.2) is 0 Å². The maximum Gasteiger partial charge on any atom is 0.306 e. The van der Waals surface area contributed by atoms with Gasteiger partial charge >= 0.3 is 17.9 Å². The van der Waals surface area contributed by atoms with Crippen molar-refractivity contribution in [2.45, 2.75) is 304 Å². The first-order chi connectivity index (χ1) is 29.9. The zero-order valence-corrected chi connectivity index (χ0v) is 41.5. The molecule has 0 aromatic carbocycles. The van der Waals surface area contributed by atoms with Crippen LogP contribution < -0.4 is 5.73 Å². The van der Waals surface area contributed by atoms with Crippen molar-refractivity contribution in [3.8, 4) is 0 Å². The van der Waals surface area contributed by atoms with Gasteiger partial charge in [-0.05, 0) is 90.0 Å². The van der Waals surface area contributed by atoms with Crippen LogP contribution >= 0.6 is 0 Å². The lowest BCUT2D eigenvalue weighted by molar-refractivity contribution is -0.151. The first-order valence-electron chi connectivity index (χ1n) is 26.8. The molecule has 0 radical (unpaired) electrons. The molecule has 0 rings (SSSR count). The van der Waals surface area contributed by atoms with Crippen LogP contribution in [0.2, 0.25) is 0 Å². The molecule has 0 aromatic rings. The Kier molecular flexibility index (Phi) is 52.6. The second-order valence-electron chi connectivity index (χ2n) is 17.9. The summed E-state index contributed by atoms with van der Waals surface area (Å²) < 4.78 is 16.9. The molecular formula is C54H105NO6. The largest absolute Gasteiger partial charge is 0.462 e. The number of unbranched alkanes of at least 4 members (excludes halogenated alkanes) is 26. The molecule has 362 valence electrons. The van der Waals surface area contributed by atoms with Gasteiger partial charge in [-0.25, -0.2) is 0 Å². The predicted molar refractivity (Wildman–Crippen MR) is 262 cm³/mol. The van der Waals surface area contributed by atoms with Gasteiger partial charge < -0.3 is 19.9 Å². The van der Waals surface area contributed by atoms with Gasteiger partial charge in [-0.15, -0.1) is 0 Å². The minimum Gasteiger partial charge on any atom is -0.462 e. The first-order valence-corrected chi connectivity index (χ1v) is 26.8. The molecule has 61 heavy (non-hydrogen) atoms. The number of hydrogen-bond donors (Lipinski definition) is 1. The number of esters is 3. The zero-order chi connectivity index (χ0) is 45.1. The van der Waals surface area contributed by atoms with Crippen molar-refractivity contribution in [1.82, 2.24) is 0 Å². The fraction of sp³-hybridized carbons (Fsp3) is 0.907. The Morgan fingerprint density at radius 2 is 0.689 bits per heavy atom. The second kappa shape index (κ2) is 52.5. The fourth-order valence-electron chi connectivity index (χ4n) is 7.67. The molecule has 0 saturated heterocycles. The van der Waals surface area contributed by atoms with E-state index in [0.717, 1.165) is 77.0 Å². The lowest BCUT2D eigenvalue weighted by Crippen LogP contribution is -2.19. The van der Waals surface area contributed by atoms with Crippen LogP contribution in [0.5, 0.6) is 0 Å². The summed E-state index contributed by atoms with van der Waals surface area (Å²) in [6.07, 6.45) is 49.7. The highest BCUT2D eigenvalue weighted by atomic mass is 16.5. The molecule has 0 unspecified atom stereocenters. The van der Waals surface area contributed by atoms with Crippen LogP contribution in [0.3, 0.4) is 0 Å². The molecule has 0 spiro atoms. The molecule has 0 aliphatic carbocycles. The first kappa shape index (κ1) is 61.2. The molecule has 0 aliphatic heterocycles. The van der Waals surface area contributed by atoms with E-state index in [-0.39, 0.29) is 30.1 Å². The Morgan fingerprint density at radius 1 is 0.377 bits per heavy atom. The molecule has 7 nitrogen and oxygen atoms in total. The Labute approximate surface area is 380 Å². The van der Waals surface area contributed by atoms with Crippen molar-refractivity contribution in [2.75, 3.05) is 13.2 Å². The third-order valence-corrected chi connectivity index (χ3v) is 11.7. The van der Waals surface area contributed by atoms with E-state index in [4.69, 9.17) is 19.9 Å². The summed E-state index contributed by atoms with van der Waals surface area (Å²) in [4.78, 5) is 36.1. The number of nitrogens with two attached hydrogens (primary N) is 1. The van der Waals surface area contributed by atoms with Gasteiger partial charge in [-0.1, -0.05) is 201 Å². The average Bonchev–Trinajstić information content (AvgIpc) is 3.25. The average molecular weight is 864 g/mol. The quantitative estimate of drug-likeness (QED) is 0.0281. The van der Waals surface area contributed by atoms with Crippen LogP contribution in [0, 0.1) is 0 Å². The van der Waals surface area contributed by atoms with Crippen molar-refractivity contribution < 1.29 is 28.6 Å². The van der Waals surface area contributed by atoms with Crippen LogP contribution in [0.15, 0.2) is 12.2 Å². The summed E-state index contributed by atoms with van der Waals surface area (Å²) >= 11 is 0. The fourth-order valence-corrected chi connectivity index (χ4v) is 7.67. The number of rotatable bonds is 46. The van der Waals surface area contributed by atoms with Crippen LogP contribution in [0.4, 0.5) is 0 Å². The van der Waals surface area contributed by atoms with E-state index in [1.165, 1.54) is 161 Å². The van der Waals surface area contributed by atoms with Crippen molar-refractivity contribution >= 4 is 17.9 Å². The zero-order valence-electron chi connectivity index (χ0n) is 41.5. The van der Waals surface area contributed by atoms with Gasteiger partial charge in [0, 0.05) is 19.3 Å². The van der Waals surface area contributed by atoms with E-state index in [1.54, 1.807) is 0 Å². The van der Waals surface area contributed by atoms with Crippen molar-refractivity contribution in [1.29, 1.82) is 0 Å². The molecule has 2 N–H and O–H groups in total. The van der Waals surface area contributed by atoms with Crippen LogP contribution in [-0.2, 0) is 28.6 Å². The number of allylic oxidation sites excluding steroid dienone is 1. The standard InChI is InChI=1S/C35H66O4.C19H39NO2/c1-4-7-10-13-17-22-27-32-38-34(36)30-25-20-15-14-16-21-26-31-35(37)39-33(28-23-18-11-8-5-2)29-24-19-12-9-6-3;1-3-5-7-9-11-14-18(15-12-10-8-6-4-2)22-19(21)16-13-17-20/h22,27,33H,4-21,23-26,28-32H2,1-3H3;18H,3-17,20H2,1-2H3/b27-22-;. The van der Waals surface area contributed by atoms with Gasteiger partial charge in [-0.2, -0.15) is 0 Å². The van der Waals surface area contributed by atoms with Gasteiger partial charge in [0.25, 0.3) is 0 Å². The summed E-state index contributed by atoms with van der Waals surface area (Å²) in [7, 11) is 0. The molecule has 0 atom stereocenters. The molecule has 0 fully saturated rings. The summed E-state index contributed by atoms with van der Waals surface area (Å²) in [6, 6.07) is 0. The Hall–Kier alpha value is -1.89. The Bertz CT molecular complexity index is 911. The monoisotopic (exact) mass is 864 g/mol. The summed E-state index contributed by atoms with van der Waals surface area (Å²) in [6.45, 7) is 12.2. The summed E-state index contributed by atoms with van der Waals surface area (Å²) in [5, 5.41) is 0. The minimum absolute atomic E-state index is 0.00645. The van der Waals surface area contributed by atoms with Gasteiger partial charge in [-0.3, -0.25) is 14.4 Å². The van der Waals surface area contributed by atoms with E-state index < -0.39 is 0 Å². The van der Waals surface area contributed by atoms with Crippen LogP contribution in [0.25, 0.3) is 0 Å². The Morgan fingerprint density at radius 3 is 1.07 bits per heavy atom. The smallest absolute Gasteiger partial charge is 0.306 e. The van der Waals surface area contributed by atoms with E-state index >= 15 is 0 Å². The molecule has 0 bridgehead atoms. The van der Waals surface area contributed by atoms with Gasteiger partial charge in [0.2, 0.25) is 0 Å². The van der Waals surface area contributed by atoms with Crippen LogP contribution in [-0.4, -0.2) is 43.3 Å². The highest BCUT2D eigenvalue weighted by Gasteiger charge is 2.15. The third-order valence-electron chi connectivity index (χ3n) is 11.7. The molecule has 7 heteroatoms. The maximum atomic E-state index is 12.5. The normalized spacial score (nSPS) is 11.3. The lowest BCUT2D eigenvalue weighted by Gasteiger charge is -2.18. The number of hydrogen-bond acceptors (Lipinski definition) is 7. The highest BCUT2D eigenvalue weighted by Crippen LogP contribution is 2.19. The maximum absolute atomic E-state index is 12.5. The van der Waals surface area contributed by atoms with Crippen molar-refractivity contribution in [3.05, 3.63) is 12.2 Å². The Balaban J connectivity index is 0. The van der Waals surface area contributed by atoms with Gasteiger partial charge in [0.05, 0.1) is 0 Å². The third kappa shape index (κ3) is 50.6. The predicted octanol–water partition coefficient (Wildman–Crippen LogP) is 16.6. The molecule has 0 aromatic heterocycles. The van der Waals surface area contributed by atoms with E-state index in [2.05, 4.69) is 40.7 Å². The summed E-state index contributed by atoms with van der Waals surface area (Å²) in [5.41, 5.74) is 5.45. The van der Waals surface area contributed by atoms with E-state index in [1.807, 2.05) is 6.08 Å². The second-order valence-corrected chi connectivity index (χ2v) is 17.9. The van der Waals surface area contributed by atoms with E-state index in [9.17, 15) is 14.4 Å². The van der Waals surface area contributed by atoms with Crippen molar-refractivity contribution in [3.63, 3.8) is 0 Å². The summed E-state index contributed by atoms with van der Waals surface area (Å²) in [5.74, 6) is -0.131. The molecule has 0 amide bonds. The topological polar surface area (TPSA) is 105 Å². The number of carbonyl (C=O) groups excluding carboxylic acids is 3. The SMILES string of the molecule is CCCCCC/C=C\COC(=O)CCCCCCCCCC(=O)OC(CCCCCCC)CCCCCCC.CCCCCCCC(CCCCCCC)OC(=O)CCCN. The van der Waals surface area contributed by atoms with E-state index in [0.29, 0.717) is 32.4 Å².